The molecule has 2 rings (SSSR count). The molecule has 0 aromatic carbocycles. The van der Waals surface area contributed by atoms with Gasteiger partial charge in [-0.1, -0.05) is 6.08 Å². The van der Waals surface area contributed by atoms with E-state index in [-0.39, 0.29) is 23.7 Å². The maximum atomic E-state index is 11.8. The lowest BCUT2D eigenvalue weighted by molar-refractivity contribution is -0.121. The van der Waals surface area contributed by atoms with Gasteiger partial charge in [0.15, 0.2) is 5.78 Å². The lowest BCUT2D eigenvalue weighted by Gasteiger charge is -2.33. The number of carbonyl (C=O) groups excluding carboxylic acids is 2. The van der Waals surface area contributed by atoms with Crippen LogP contribution in [-0.2, 0) is 9.59 Å². The normalized spacial score (nSPS) is 28.9. The van der Waals surface area contributed by atoms with E-state index in [4.69, 9.17) is 5.73 Å². The minimum atomic E-state index is -0.0796. The van der Waals surface area contributed by atoms with E-state index >= 15 is 0 Å². The highest BCUT2D eigenvalue weighted by atomic mass is 16.1. The van der Waals surface area contributed by atoms with Crippen molar-refractivity contribution in [3.8, 4) is 0 Å². The molecule has 2 aliphatic rings. The Labute approximate surface area is 94.6 Å². The number of nitrogens with two attached hydrogens (primary N) is 1. The predicted molar refractivity (Wildman–Crippen MR) is 60.3 cm³/mol. The molecule has 1 amide bonds. The van der Waals surface area contributed by atoms with Crippen molar-refractivity contribution >= 4 is 11.7 Å². The Kier molecular flexibility index (Phi) is 2.81. The van der Waals surface area contributed by atoms with E-state index in [2.05, 4.69) is 5.32 Å². The first-order valence-corrected chi connectivity index (χ1v) is 5.57. The van der Waals surface area contributed by atoms with Crippen molar-refractivity contribution in [2.45, 2.75) is 32.2 Å². The molecule has 1 saturated carbocycles. The maximum Gasteiger partial charge on any atom is 0.217 e. The molecule has 0 heterocycles. The van der Waals surface area contributed by atoms with Crippen molar-refractivity contribution in [3.05, 3.63) is 23.4 Å². The molecular formula is C12H16N2O2. The summed E-state index contributed by atoms with van der Waals surface area (Å²) in [6.07, 6.45) is 5.98. The summed E-state index contributed by atoms with van der Waals surface area (Å²) in [6, 6.07) is -0.0796. The van der Waals surface area contributed by atoms with E-state index in [1.807, 2.05) is 6.08 Å². The topological polar surface area (TPSA) is 72.2 Å². The summed E-state index contributed by atoms with van der Waals surface area (Å²) < 4.78 is 0. The second-order valence-corrected chi connectivity index (χ2v) is 4.38. The highest BCUT2D eigenvalue weighted by Gasteiger charge is 2.34. The zero-order valence-corrected chi connectivity index (χ0v) is 9.32. The molecule has 2 unspecified atom stereocenters. The van der Waals surface area contributed by atoms with Crippen LogP contribution in [0, 0.1) is 5.92 Å². The largest absolute Gasteiger partial charge is 0.398 e. The van der Waals surface area contributed by atoms with Crippen LogP contribution in [-0.4, -0.2) is 17.7 Å². The van der Waals surface area contributed by atoms with Crippen LogP contribution in [0.3, 0.4) is 0 Å². The first-order chi connectivity index (χ1) is 7.59. The minimum absolute atomic E-state index is 0.0650. The van der Waals surface area contributed by atoms with Crippen LogP contribution in [0.2, 0.25) is 0 Å². The minimum Gasteiger partial charge on any atom is -0.398 e. The molecule has 0 saturated heterocycles. The SMILES string of the molecule is CC(=O)NC1C=CC(N)=C2C(=O)CCCC21. The van der Waals surface area contributed by atoms with Gasteiger partial charge in [0, 0.05) is 30.5 Å². The van der Waals surface area contributed by atoms with Crippen LogP contribution in [0.25, 0.3) is 0 Å². The summed E-state index contributed by atoms with van der Waals surface area (Å²) in [4.78, 5) is 22.9. The van der Waals surface area contributed by atoms with E-state index in [1.54, 1.807) is 6.08 Å². The van der Waals surface area contributed by atoms with Gasteiger partial charge in [-0.25, -0.2) is 0 Å². The smallest absolute Gasteiger partial charge is 0.217 e. The van der Waals surface area contributed by atoms with Crippen molar-refractivity contribution in [2.75, 3.05) is 0 Å². The third kappa shape index (κ3) is 1.87. The average molecular weight is 220 g/mol. The van der Waals surface area contributed by atoms with Gasteiger partial charge in [-0.15, -0.1) is 0 Å². The molecule has 2 atom stereocenters. The molecule has 0 bridgehead atoms. The Bertz CT molecular complexity index is 396. The summed E-state index contributed by atoms with van der Waals surface area (Å²) in [5.41, 5.74) is 7.11. The Morgan fingerprint density at radius 1 is 1.56 bits per heavy atom. The first kappa shape index (κ1) is 10.9. The number of hydrogen-bond donors (Lipinski definition) is 2. The third-order valence-electron chi connectivity index (χ3n) is 3.19. The van der Waals surface area contributed by atoms with Gasteiger partial charge < -0.3 is 11.1 Å². The van der Waals surface area contributed by atoms with Crippen LogP contribution < -0.4 is 11.1 Å². The summed E-state index contributed by atoms with van der Waals surface area (Å²) in [5, 5.41) is 2.85. The van der Waals surface area contributed by atoms with Gasteiger partial charge in [0.2, 0.25) is 5.91 Å². The Hall–Kier alpha value is -1.58. The third-order valence-corrected chi connectivity index (χ3v) is 3.19. The number of rotatable bonds is 1. The highest BCUT2D eigenvalue weighted by molar-refractivity contribution is 5.98. The Balaban J connectivity index is 2.27. The standard InChI is InChI=1S/C12H16N2O2/c1-7(15)14-10-6-5-9(13)12-8(10)3-2-4-11(12)16/h5-6,8,10H,2-4,13H2,1H3,(H,14,15). The molecule has 0 radical (unpaired) electrons. The van der Waals surface area contributed by atoms with E-state index in [0.29, 0.717) is 17.7 Å². The summed E-state index contributed by atoms with van der Waals surface area (Å²) in [7, 11) is 0. The number of allylic oxidation sites excluding steroid dienone is 1. The monoisotopic (exact) mass is 220 g/mol. The van der Waals surface area contributed by atoms with Gasteiger partial charge in [-0.05, 0) is 18.9 Å². The molecular weight excluding hydrogens is 204 g/mol. The van der Waals surface area contributed by atoms with Gasteiger partial charge in [-0.3, -0.25) is 9.59 Å². The molecule has 1 fully saturated rings. The molecule has 2 aliphatic carbocycles. The quantitative estimate of drug-likeness (QED) is 0.681. The molecule has 0 aliphatic heterocycles. The number of hydrogen-bond acceptors (Lipinski definition) is 3. The van der Waals surface area contributed by atoms with E-state index in [0.717, 1.165) is 12.8 Å². The van der Waals surface area contributed by atoms with Crippen molar-refractivity contribution in [3.63, 3.8) is 0 Å². The fraction of sp³-hybridized carbons (Fsp3) is 0.500. The molecule has 0 spiro atoms. The van der Waals surface area contributed by atoms with Crippen molar-refractivity contribution < 1.29 is 9.59 Å². The van der Waals surface area contributed by atoms with Crippen LogP contribution >= 0.6 is 0 Å². The second-order valence-electron chi connectivity index (χ2n) is 4.38. The molecule has 4 heteroatoms. The maximum absolute atomic E-state index is 11.8. The number of carbonyl (C=O) groups is 2. The first-order valence-electron chi connectivity index (χ1n) is 5.57. The summed E-state index contributed by atoms with van der Waals surface area (Å²) in [6.45, 7) is 1.49. The predicted octanol–water partition coefficient (Wildman–Crippen LogP) is 0.643. The van der Waals surface area contributed by atoms with Gasteiger partial charge in [0.05, 0.1) is 6.04 Å². The number of amides is 1. The number of fused-ring (bicyclic) bond motifs is 1. The van der Waals surface area contributed by atoms with Gasteiger partial charge >= 0.3 is 0 Å². The zero-order chi connectivity index (χ0) is 11.7. The second kappa shape index (κ2) is 4.12. The lowest BCUT2D eigenvalue weighted by atomic mass is 9.75. The van der Waals surface area contributed by atoms with Crippen LogP contribution in [0.1, 0.15) is 26.2 Å². The molecule has 3 N–H and O–H groups in total. The highest BCUT2D eigenvalue weighted by Crippen LogP contribution is 2.34. The van der Waals surface area contributed by atoms with Gasteiger partial charge in [0.25, 0.3) is 0 Å². The zero-order valence-electron chi connectivity index (χ0n) is 9.32. The molecule has 4 nitrogen and oxygen atoms in total. The Morgan fingerprint density at radius 3 is 3.00 bits per heavy atom. The van der Waals surface area contributed by atoms with Crippen LogP contribution in [0.15, 0.2) is 23.4 Å². The number of ketones is 1. The average Bonchev–Trinajstić information content (AvgIpc) is 2.22. The Morgan fingerprint density at radius 2 is 2.31 bits per heavy atom. The van der Waals surface area contributed by atoms with E-state index < -0.39 is 0 Å². The summed E-state index contributed by atoms with van der Waals surface area (Å²) >= 11 is 0. The van der Waals surface area contributed by atoms with Crippen molar-refractivity contribution in [2.24, 2.45) is 11.7 Å². The molecule has 0 aromatic heterocycles. The van der Waals surface area contributed by atoms with Gasteiger partial charge in [0.1, 0.15) is 0 Å². The fourth-order valence-electron chi connectivity index (χ4n) is 2.52. The van der Waals surface area contributed by atoms with E-state index in [9.17, 15) is 9.59 Å². The molecule has 16 heavy (non-hydrogen) atoms. The lowest BCUT2D eigenvalue weighted by Crippen LogP contribution is -2.43. The molecule has 86 valence electrons. The summed E-state index contributed by atoms with van der Waals surface area (Å²) in [5.74, 6) is 0.121. The van der Waals surface area contributed by atoms with Gasteiger partial charge in [-0.2, -0.15) is 0 Å². The van der Waals surface area contributed by atoms with Crippen LogP contribution in [0.4, 0.5) is 0 Å². The van der Waals surface area contributed by atoms with Crippen LogP contribution in [0.5, 0.6) is 0 Å². The van der Waals surface area contributed by atoms with Crippen molar-refractivity contribution in [1.29, 1.82) is 0 Å². The molecule has 0 aromatic rings. The fourth-order valence-corrected chi connectivity index (χ4v) is 2.52. The van der Waals surface area contributed by atoms with E-state index in [1.165, 1.54) is 6.92 Å². The number of Topliss-reactive ketones (excluding diaryl/α,β-unsaturated/α-hetero) is 1. The number of nitrogens with one attached hydrogen (secondary N) is 1. The van der Waals surface area contributed by atoms with Crippen molar-refractivity contribution in [1.82, 2.24) is 5.32 Å².